The molecule has 7 nitrogen and oxygen atoms in total. The number of benzene rings is 1. The molecular formula is C23H30N4O3. The van der Waals surface area contributed by atoms with Gasteiger partial charge in [-0.25, -0.2) is 0 Å². The first-order valence-electron chi connectivity index (χ1n) is 11.3. The molecule has 1 aliphatic carbocycles. The zero-order valence-corrected chi connectivity index (χ0v) is 17.4. The maximum absolute atomic E-state index is 13.1. The van der Waals surface area contributed by atoms with E-state index in [0.717, 1.165) is 30.8 Å². The predicted octanol–water partition coefficient (Wildman–Crippen LogP) is 1.55. The Morgan fingerprint density at radius 3 is 2.47 bits per heavy atom. The van der Waals surface area contributed by atoms with Crippen molar-refractivity contribution in [1.82, 2.24) is 20.4 Å². The van der Waals surface area contributed by atoms with Gasteiger partial charge in [-0.3, -0.25) is 24.6 Å². The van der Waals surface area contributed by atoms with Crippen LogP contribution in [0.3, 0.4) is 0 Å². The first-order chi connectivity index (χ1) is 14.6. The first kappa shape index (κ1) is 19.7. The monoisotopic (exact) mass is 410 g/mol. The number of piperidine rings is 2. The Labute approximate surface area is 177 Å². The third kappa shape index (κ3) is 3.54. The second-order valence-corrected chi connectivity index (χ2v) is 9.08. The number of hydrogen-bond acceptors (Lipinski definition) is 5. The molecule has 5 rings (SSSR count). The van der Waals surface area contributed by atoms with Crippen molar-refractivity contribution in [2.75, 3.05) is 13.1 Å². The van der Waals surface area contributed by atoms with Gasteiger partial charge in [-0.05, 0) is 62.4 Å². The van der Waals surface area contributed by atoms with Crippen LogP contribution in [0.1, 0.15) is 66.4 Å². The fraction of sp³-hybridized carbons (Fsp3) is 0.609. The number of imide groups is 1. The molecule has 3 fully saturated rings. The summed E-state index contributed by atoms with van der Waals surface area (Å²) in [4.78, 5) is 41.3. The highest BCUT2D eigenvalue weighted by Gasteiger charge is 2.40. The van der Waals surface area contributed by atoms with Gasteiger partial charge >= 0.3 is 0 Å². The highest BCUT2D eigenvalue weighted by molar-refractivity contribution is 6.05. The lowest BCUT2D eigenvalue weighted by atomic mass is 9.88. The predicted molar refractivity (Wildman–Crippen MR) is 112 cm³/mol. The molecule has 1 unspecified atom stereocenters. The number of amides is 3. The van der Waals surface area contributed by atoms with Crippen LogP contribution >= 0.6 is 0 Å². The molecule has 160 valence electrons. The van der Waals surface area contributed by atoms with E-state index in [0.29, 0.717) is 25.0 Å². The highest BCUT2D eigenvalue weighted by Crippen LogP contribution is 2.34. The van der Waals surface area contributed by atoms with Crippen molar-refractivity contribution in [1.29, 1.82) is 0 Å². The van der Waals surface area contributed by atoms with Gasteiger partial charge in [-0.15, -0.1) is 0 Å². The van der Waals surface area contributed by atoms with Crippen LogP contribution in [-0.2, 0) is 22.7 Å². The SMILES string of the molecule is O=C1CCC(N2Cc3c(CN(C4CCC4)C4CCNCC4)cccc3C2=O)C(=O)N1. The van der Waals surface area contributed by atoms with Crippen LogP contribution < -0.4 is 10.6 Å². The Morgan fingerprint density at radius 1 is 1.00 bits per heavy atom. The van der Waals surface area contributed by atoms with Gasteiger partial charge in [0.25, 0.3) is 5.91 Å². The van der Waals surface area contributed by atoms with Gasteiger partial charge in [0.15, 0.2) is 0 Å². The summed E-state index contributed by atoms with van der Waals surface area (Å²) in [6, 6.07) is 6.69. The van der Waals surface area contributed by atoms with Crippen molar-refractivity contribution in [3.63, 3.8) is 0 Å². The fourth-order valence-corrected chi connectivity index (χ4v) is 5.41. The molecule has 3 amide bonds. The molecule has 3 aliphatic heterocycles. The summed E-state index contributed by atoms with van der Waals surface area (Å²) in [5.74, 6) is -0.683. The van der Waals surface area contributed by atoms with Gasteiger partial charge in [0.1, 0.15) is 6.04 Å². The van der Waals surface area contributed by atoms with Crippen LogP contribution in [0, 0.1) is 0 Å². The van der Waals surface area contributed by atoms with Gasteiger partial charge in [0, 0.05) is 37.2 Å². The molecule has 3 heterocycles. The highest BCUT2D eigenvalue weighted by atomic mass is 16.2. The lowest BCUT2D eigenvalue weighted by molar-refractivity contribution is -0.136. The summed E-state index contributed by atoms with van der Waals surface area (Å²) in [6.07, 6.45) is 6.87. The Kier molecular flexibility index (Phi) is 5.33. The van der Waals surface area contributed by atoms with Crippen molar-refractivity contribution < 1.29 is 14.4 Å². The van der Waals surface area contributed by atoms with Crippen LogP contribution in [0.2, 0.25) is 0 Å². The molecule has 30 heavy (non-hydrogen) atoms. The van der Waals surface area contributed by atoms with Crippen molar-refractivity contribution in [3.8, 4) is 0 Å². The number of nitrogens with zero attached hydrogens (tertiary/aromatic N) is 2. The summed E-state index contributed by atoms with van der Waals surface area (Å²) in [7, 11) is 0. The van der Waals surface area contributed by atoms with E-state index in [1.54, 1.807) is 4.90 Å². The molecule has 0 spiro atoms. The van der Waals surface area contributed by atoms with E-state index in [4.69, 9.17) is 0 Å². The average molecular weight is 411 g/mol. The number of carbonyl (C=O) groups excluding carboxylic acids is 3. The quantitative estimate of drug-likeness (QED) is 0.720. The minimum absolute atomic E-state index is 0.0848. The van der Waals surface area contributed by atoms with Crippen LogP contribution in [0.25, 0.3) is 0 Å². The van der Waals surface area contributed by atoms with Crippen LogP contribution in [0.5, 0.6) is 0 Å². The third-order valence-corrected chi connectivity index (χ3v) is 7.35. The number of hydrogen-bond donors (Lipinski definition) is 2. The fourth-order valence-electron chi connectivity index (χ4n) is 5.41. The maximum Gasteiger partial charge on any atom is 0.255 e. The molecule has 1 saturated carbocycles. The minimum atomic E-state index is -0.553. The lowest BCUT2D eigenvalue weighted by Crippen LogP contribution is -2.52. The topological polar surface area (TPSA) is 81.8 Å². The van der Waals surface area contributed by atoms with E-state index in [2.05, 4.69) is 21.6 Å². The summed E-state index contributed by atoms with van der Waals surface area (Å²) in [5.41, 5.74) is 2.99. The van der Waals surface area contributed by atoms with Gasteiger partial charge in [-0.1, -0.05) is 18.6 Å². The molecule has 7 heteroatoms. The van der Waals surface area contributed by atoms with E-state index in [1.165, 1.54) is 37.7 Å². The van der Waals surface area contributed by atoms with Crippen molar-refractivity contribution in [2.45, 2.75) is 76.2 Å². The minimum Gasteiger partial charge on any atom is -0.322 e. The number of rotatable bonds is 5. The van der Waals surface area contributed by atoms with Crippen molar-refractivity contribution in [2.24, 2.45) is 0 Å². The molecule has 2 N–H and O–H groups in total. The van der Waals surface area contributed by atoms with E-state index in [-0.39, 0.29) is 24.1 Å². The number of carbonyl (C=O) groups is 3. The number of nitrogens with one attached hydrogen (secondary N) is 2. The lowest BCUT2D eigenvalue weighted by Gasteiger charge is -2.44. The zero-order chi connectivity index (χ0) is 20.7. The van der Waals surface area contributed by atoms with E-state index < -0.39 is 6.04 Å². The summed E-state index contributed by atoms with van der Waals surface area (Å²) in [6.45, 7) is 3.47. The molecule has 1 aromatic rings. The van der Waals surface area contributed by atoms with Gasteiger partial charge in [-0.2, -0.15) is 0 Å². The molecule has 1 atom stereocenters. The smallest absolute Gasteiger partial charge is 0.255 e. The van der Waals surface area contributed by atoms with E-state index in [9.17, 15) is 14.4 Å². The molecule has 0 radical (unpaired) electrons. The summed E-state index contributed by atoms with van der Waals surface area (Å²) >= 11 is 0. The van der Waals surface area contributed by atoms with Gasteiger partial charge < -0.3 is 10.2 Å². The second-order valence-electron chi connectivity index (χ2n) is 9.08. The first-order valence-corrected chi connectivity index (χ1v) is 11.3. The van der Waals surface area contributed by atoms with Gasteiger partial charge in [0.05, 0.1) is 0 Å². The molecule has 1 aromatic carbocycles. The maximum atomic E-state index is 13.1. The van der Waals surface area contributed by atoms with Crippen LogP contribution in [0.4, 0.5) is 0 Å². The largest absolute Gasteiger partial charge is 0.322 e. The summed E-state index contributed by atoms with van der Waals surface area (Å²) < 4.78 is 0. The second kappa shape index (κ2) is 8.12. The average Bonchev–Trinajstić information content (AvgIpc) is 3.04. The Balaban J connectivity index is 1.38. The van der Waals surface area contributed by atoms with Crippen molar-refractivity contribution in [3.05, 3.63) is 34.9 Å². The normalized spacial score (nSPS) is 25.4. The van der Waals surface area contributed by atoms with Crippen molar-refractivity contribution >= 4 is 17.7 Å². The summed E-state index contributed by atoms with van der Waals surface area (Å²) in [5, 5.41) is 5.85. The molecular weight excluding hydrogens is 380 g/mol. The number of fused-ring (bicyclic) bond motifs is 1. The molecule has 0 bridgehead atoms. The Hall–Kier alpha value is -2.25. The molecule has 2 saturated heterocycles. The Morgan fingerprint density at radius 2 is 1.77 bits per heavy atom. The van der Waals surface area contributed by atoms with Crippen LogP contribution in [0.15, 0.2) is 18.2 Å². The zero-order valence-electron chi connectivity index (χ0n) is 17.4. The van der Waals surface area contributed by atoms with E-state index in [1.807, 2.05) is 12.1 Å². The standard InChI is InChI=1S/C23H30N4O3/c28-21-8-7-20(22(29)25-21)27-14-19-15(3-1-6-18(19)23(27)30)13-26(16-4-2-5-16)17-9-11-24-12-10-17/h1,3,6,16-17,20,24H,2,4-5,7-14H2,(H,25,28,29). The molecule has 4 aliphatic rings. The molecule has 0 aromatic heterocycles. The Bertz CT molecular complexity index is 860. The van der Waals surface area contributed by atoms with Gasteiger partial charge in [0.2, 0.25) is 11.8 Å². The van der Waals surface area contributed by atoms with E-state index >= 15 is 0 Å². The van der Waals surface area contributed by atoms with Crippen LogP contribution in [-0.4, -0.2) is 58.7 Å². The third-order valence-electron chi connectivity index (χ3n) is 7.35.